The molecule has 0 aliphatic rings. The van der Waals surface area contributed by atoms with Crippen molar-refractivity contribution in [3.05, 3.63) is 59.4 Å². The Morgan fingerprint density at radius 2 is 0.750 bits per heavy atom. The molecule has 0 heterocycles. The van der Waals surface area contributed by atoms with Crippen molar-refractivity contribution < 1.29 is 113 Å². The standard InChI is InChI=1S/C9H21NO2S.8CH3.4Ni.7H2O/c1-8(2)6-7-10(9(3)4)13(5,11)12;;;;;;;;;;;;;;;;;;;/h8-9H,6-7H2,1-5H3;8*1H3;;;;;7*1H2/q;8*-1;4*+2;;;;;;;. The minimum atomic E-state index is -3.03. The van der Waals surface area contributed by atoms with Gasteiger partial charge in [-0.05, 0) is 26.2 Å². The molecule has 0 spiro atoms. The van der Waals surface area contributed by atoms with Gasteiger partial charge in [0, 0.05) is 12.6 Å². The van der Waals surface area contributed by atoms with Gasteiger partial charge >= 0.3 is 66.0 Å². The zero-order valence-electron chi connectivity index (χ0n) is 22.0. The van der Waals surface area contributed by atoms with Crippen molar-refractivity contribution in [2.45, 2.75) is 40.2 Å². The van der Waals surface area contributed by atoms with E-state index in [0.29, 0.717) is 12.5 Å². The van der Waals surface area contributed by atoms with Gasteiger partial charge in [-0.3, -0.25) is 0 Å². The van der Waals surface area contributed by atoms with Crippen LogP contribution in [-0.4, -0.2) is 69.9 Å². The van der Waals surface area contributed by atoms with E-state index in [-0.39, 0.29) is 170 Å². The van der Waals surface area contributed by atoms with Crippen LogP contribution in [0.5, 0.6) is 0 Å². The fourth-order valence-electron chi connectivity index (χ4n) is 1.19. The maximum Gasteiger partial charge on any atom is 2.00 e. The number of rotatable bonds is 5. The van der Waals surface area contributed by atoms with Crippen molar-refractivity contribution in [2.24, 2.45) is 5.92 Å². The van der Waals surface area contributed by atoms with Gasteiger partial charge in [-0.15, -0.1) is 0 Å². The molecule has 0 radical (unpaired) electrons. The Hall–Kier alpha value is 1.60. The molecule has 0 fully saturated rings. The molecule has 14 N–H and O–H groups in total. The van der Waals surface area contributed by atoms with E-state index < -0.39 is 10.0 Å². The monoisotopic (exact) mass is 685 g/mol. The molecule has 0 atom stereocenters. The first-order valence-corrected chi connectivity index (χ1v) is 6.56. The van der Waals surface area contributed by atoms with Crippen LogP contribution in [-0.2, 0) is 76.0 Å². The Balaban J connectivity index is -0.00000000421. The Bertz CT molecular complexity index is 268. The Labute approximate surface area is 244 Å². The summed E-state index contributed by atoms with van der Waals surface area (Å²) in [5.41, 5.74) is 0. The fourth-order valence-corrected chi connectivity index (χ4v) is 2.40. The number of nitrogens with zero attached hydrogens (tertiary/aromatic N) is 1. The molecule has 0 aliphatic carbocycles. The maximum atomic E-state index is 11.3. The third-order valence-corrected chi connectivity index (χ3v) is 3.38. The first-order chi connectivity index (χ1) is 5.75. The molecule has 0 aliphatic heterocycles. The molecule has 0 unspecified atom stereocenters. The van der Waals surface area contributed by atoms with Crippen LogP contribution < -0.4 is 0 Å². The van der Waals surface area contributed by atoms with Crippen molar-refractivity contribution in [3.8, 4) is 0 Å². The van der Waals surface area contributed by atoms with Crippen molar-refractivity contribution in [2.75, 3.05) is 12.8 Å². The van der Waals surface area contributed by atoms with Gasteiger partial charge in [0.05, 0.1) is 6.26 Å². The van der Waals surface area contributed by atoms with Crippen LogP contribution in [0.1, 0.15) is 34.1 Å². The van der Waals surface area contributed by atoms with Crippen LogP contribution >= 0.6 is 0 Å². The van der Waals surface area contributed by atoms with Crippen LogP contribution in [0.4, 0.5) is 0 Å². The van der Waals surface area contributed by atoms with E-state index in [9.17, 15) is 8.42 Å². The summed E-state index contributed by atoms with van der Waals surface area (Å²) in [6, 6.07) is 0.0637. The minimum absolute atomic E-state index is 0. The topological polar surface area (TPSA) is 258 Å². The molecule has 232 valence electrons. The molecule has 0 rings (SSSR count). The molecule has 10 nitrogen and oxygen atoms in total. The summed E-state index contributed by atoms with van der Waals surface area (Å²) in [5, 5.41) is 0. The van der Waals surface area contributed by atoms with Gasteiger partial charge in [0.1, 0.15) is 0 Å². The van der Waals surface area contributed by atoms with E-state index in [1.54, 1.807) is 4.31 Å². The molecule has 0 bridgehead atoms. The minimum Gasteiger partial charge on any atom is -0.412 e. The van der Waals surface area contributed by atoms with Crippen LogP contribution in [0.2, 0.25) is 0 Å². The van der Waals surface area contributed by atoms with E-state index in [4.69, 9.17) is 0 Å². The third kappa shape index (κ3) is 107. The SMILES string of the molecule is CC(C)CCN(C(C)C)S(C)(=O)=O.O.O.O.O.O.O.O.[CH3-].[CH3-].[CH3-].[CH3-].[CH3-].[CH3-].[CH3-].[CH3-].[Ni+2].[Ni+2].[Ni+2].[Ni+2]. The largest absolute Gasteiger partial charge is 2.00 e. The number of hydrogen-bond acceptors (Lipinski definition) is 2. The Morgan fingerprint density at radius 3 is 0.844 bits per heavy atom. The van der Waals surface area contributed by atoms with Crippen LogP contribution in [0.25, 0.3) is 0 Å². The van der Waals surface area contributed by atoms with Crippen LogP contribution in [0.15, 0.2) is 0 Å². The molecule has 0 aromatic rings. The third-order valence-electron chi connectivity index (χ3n) is 1.93. The van der Waals surface area contributed by atoms with Gasteiger partial charge in [-0.2, -0.15) is 4.31 Å². The normalized spacial score (nSPS) is 5.38. The van der Waals surface area contributed by atoms with E-state index in [2.05, 4.69) is 13.8 Å². The number of sulfonamides is 1. The maximum absolute atomic E-state index is 11.3. The summed E-state index contributed by atoms with van der Waals surface area (Å²) in [6.45, 7) is 8.64. The molecule has 0 amide bonds. The van der Waals surface area contributed by atoms with E-state index in [1.165, 1.54) is 6.26 Å². The quantitative estimate of drug-likeness (QED) is 0.274. The summed E-state index contributed by atoms with van der Waals surface area (Å²) >= 11 is 0. The predicted molar refractivity (Wildman–Crippen MR) is 133 cm³/mol. The molecule has 15 heteroatoms. The molecular weight excluding hydrogens is 629 g/mol. The summed E-state index contributed by atoms with van der Waals surface area (Å²) in [4.78, 5) is 0. The van der Waals surface area contributed by atoms with Crippen molar-refractivity contribution >= 4 is 10.0 Å². The molecule has 32 heavy (non-hydrogen) atoms. The Kier molecular flexibility index (Phi) is 568. The summed E-state index contributed by atoms with van der Waals surface area (Å²) < 4.78 is 24.2. The molecule has 0 saturated heterocycles. The van der Waals surface area contributed by atoms with Crippen molar-refractivity contribution in [3.63, 3.8) is 0 Å². The van der Waals surface area contributed by atoms with Gasteiger partial charge in [0.15, 0.2) is 0 Å². The second kappa shape index (κ2) is 94.1. The molecular formula is C17H59NNi4O9S. The van der Waals surface area contributed by atoms with Crippen molar-refractivity contribution in [1.82, 2.24) is 4.31 Å². The molecule has 0 saturated carbocycles. The first-order valence-electron chi connectivity index (χ1n) is 4.72. The van der Waals surface area contributed by atoms with Crippen LogP contribution in [0, 0.1) is 65.3 Å². The predicted octanol–water partition coefficient (Wildman–Crippen LogP) is -0.478. The molecule has 0 aromatic carbocycles. The average Bonchev–Trinajstić information content (AvgIpc) is 1.81. The van der Waals surface area contributed by atoms with E-state index in [0.717, 1.165) is 6.42 Å². The summed E-state index contributed by atoms with van der Waals surface area (Å²) in [6.07, 6.45) is 2.19. The van der Waals surface area contributed by atoms with Gasteiger partial charge < -0.3 is 97.7 Å². The van der Waals surface area contributed by atoms with Gasteiger partial charge in [-0.1, -0.05) is 13.8 Å². The smallest absolute Gasteiger partial charge is 0.412 e. The van der Waals surface area contributed by atoms with Gasteiger partial charge in [0.2, 0.25) is 10.0 Å². The van der Waals surface area contributed by atoms with Crippen LogP contribution in [0.3, 0.4) is 0 Å². The Morgan fingerprint density at radius 1 is 0.562 bits per heavy atom. The zero-order chi connectivity index (χ0) is 10.6. The molecule has 0 aromatic heterocycles. The average molecular weight is 688 g/mol. The van der Waals surface area contributed by atoms with Gasteiger partial charge in [0.25, 0.3) is 0 Å². The van der Waals surface area contributed by atoms with E-state index in [1.807, 2.05) is 13.8 Å². The second-order valence-electron chi connectivity index (χ2n) is 4.15. The van der Waals surface area contributed by atoms with Crippen molar-refractivity contribution in [1.29, 1.82) is 0 Å². The van der Waals surface area contributed by atoms with E-state index >= 15 is 0 Å². The fraction of sp³-hybridized carbons (Fsp3) is 0.529. The zero-order valence-corrected chi connectivity index (χ0v) is 26.8. The summed E-state index contributed by atoms with van der Waals surface area (Å²) in [7, 11) is -3.03. The second-order valence-corrected chi connectivity index (χ2v) is 6.09. The first kappa shape index (κ1) is 193. The summed E-state index contributed by atoms with van der Waals surface area (Å²) in [5.74, 6) is 0.544. The number of hydrogen-bond donors (Lipinski definition) is 0. The van der Waals surface area contributed by atoms with Gasteiger partial charge in [-0.25, -0.2) is 8.42 Å².